The fourth-order valence-corrected chi connectivity index (χ4v) is 1.56. The van der Waals surface area contributed by atoms with Crippen molar-refractivity contribution in [1.82, 2.24) is 4.98 Å². The van der Waals surface area contributed by atoms with Gasteiger partial charge in [0.2, 0.25) is 18.7 Å². The summed E-state index contributed by atoms with van der Waals surface area (Å²) in [4.78, 5) is 40.3. The molecule has 2 N–H and O–H groups in total. The maximum atomic E-state index is 11.0. The molecule has 102 valence electrons. The molecular weight excluding hydrogens is 278 g/mol. The van der Waals surface area contributed by atoms with Crippen LogP contribution < -0.4 is 5.32 Å². The van der Waals surface area contributed by atoms with Gasteiger partial charge in [-0.05, 0) is 0 Å². The molecule has 0 fully saturated rings. The van der Waals surface area contributed by atoms with Gasteiger partial charge < -0.3 is 20.0 Å². The lowest BCUT2D eigenvalue weighted by atomic mass is 10.3. The van der Waals surface area contributed by atoms with Crippen molar-refractivity contribution >= 4 is 40.5 Å². The van der Waals surface area contributed by atoms with Crippen LogP contribution in [0, 0.1) is 0 Å². The summed E-state index contributed by atoms with van der Waals surface area (Å²) in [5.74, 6) is -2.08. The highest BCUT2D eigenvalue weighted by molar-refractivity contribution is 7.14. The molecule has 0 aliphatic rings. The van der Waals surface area contributed by atoms with E-state index in [2.05, 4.69) is 25.0 Å². The van der Waals surface area contributed by atoms with Crippen molar-refractivity contribution in [3.05, 3.63) is 11.1 Å². The highest BCUT2D eigenvalue weighted by atomic mass is 32.1. The lowest BCUT2D eigenvalue weighted by Crippen LogP contribution is -2.17. The number of carboxylic acids is 1. The Kier molecular flexibility index (Phi) is 5.41. The molecule has 1 rings (SSSR count). The first-order valence-electron chi connectivity index (χ1n) is 4.74. The van der Waals surface area contributed by atoms with Crippen molar-refractivity contribution in [1.29, 1.82) is 0 Å². The van der Waals surface area contributed by atoms with Crippen molar-refractivity contribution in [3.8, 4) is 0 Å². The molecule has 0 atom stereocenters. The van der Waals surface area contributed by atoms with Crippen molar-refractivity contribution in [3.63, 3.8) is 0 Å². The Labute approximate surface area is 110 Å². The van der Waals surface area contributed by atoms with E-state index in [0.29, 0.717) is 6.41 Å². The van der Waals surface area contributed by atoms with Crippen LogP contribution in [0.1, 0.15) is 5.69 Å². The molecule has 0 aliphatic heterocycles. The molecule has 19 heavy (non-hydrogen) atoms. The van der Waals surface area contributed by atoms with E-state index in [9.17, 15) is 14.4 Å². The number of nitrogens with zero attached hydrogens (tertiary/aromatic N) is 2. The standard InChI is InChI=1S/C9H9N3O6S/c1-17-6(14)2-18-12-7(8(15)16)5-3-19-9(11-5)10-4-13/h3-4H,2H2,1H3,(H,15,16)(H,10,11,13)/b12-7+. The predicted molar refractivity (Wildman–Crippen MR) is 63.9 cm³/mol. The number of amides is 1. The molecule has 0 saturated carbocycles. The maximum absolute atomic E-state index is 11.0. The van der Waals surface area contributed by atoms with E-state index < -0.39 is 24.3 Å². The van der Waals surface area contributed by atoms with Gasteiger partial charge in [-0.2, -0.15) is 0 Å². The third-order valence-electron chi connectivity index (χ3n) is 1.70. The third kappa shape index (κ3) is 4.35. The fraction of sp³-hybridized carbons (Fsp3) is 0.222. The summed E-state index contributed by atoms with van der Waals surface area (Å²) in [5, 5.41) is 16.1. The van der Waals surface area contributed by atoms with Crippen LogP contribution in [0.3, 0.4) is 0 Å². The van der Waals surface area contributed by atoms with Gasteiger partial charge in [0.05, 0.1) is 7.11 Å². The predicted octanol–water partition coefficient (Wildman–Crippen LogP) is -0.310. The van der Waals surface area contributed by atoms with Crippen LogP contribution in [-0.2, 0) is 24.0 Å². The average molecular weight is 287 g/mol. The number of carbonyl (C=O) groups is 3. The van der Waals surface area contributed by atoms with Crippen molar-refractivity contribution in [2.45, 2.75) is 0 Å². The molecule has 0 saturated heterocycles. The zero-order valence-electron chi connectivity index (χ0n) is 9.65. The molecule has 0 radical (unpaired) electrons. The molecular formula is C9H9N3O6S. The summed E-state index contributed by atoms with van der Waals surface area (Å²) >= 11 is 1.02. The lowest BCUT2D eigenvalue weighted by molar-refractivity contribution is -0.146. The maximum Gasteiger partial charge on any atom is 0.360 e. The summed E-state index contributed by atoms with van der Waals surface area (Å²) in [6, 6.07) is 0. The van der Waals surface area contributed by atoms with E-state index in [1.165, 1.54) is 5.38 Å². The van der Waals surface area contributed by atoms with Gasteiger partial charge in [-0.3, -0.25) is 4.79 Å². The van der Waals surface area contributed by atoms with Crippen LogP contribution in [0.2, 0.25) is 0 Å². The molecule has 1 aromatic heterocycles. The Morgan fingerprint density at radius 1 is 1.63 bits per heavy atom. The molecule has 0 bridgehead atoms. The molecule has 0 unspecified atom stereocenters. The minimum absolute atomic E-state index is 0.00622. The van der Waals surface area contributed by atoms with Gasteiger partial charge >= 0.3 is 11.9 Å². The number of hydrogen-bond acceptors (Lipinski definition) is 8. The van der Waals surface area contributed by atoms with Crippen molar-refractivity contribution in [2.24, 2.45) is 5.16 Å². The molecule has 1 aromatic rings. The smallest absolute Gasteiger partial charge is 0.360 e. The summed E-state index contributed by atoms with van der Waals surface area (Å²) in [7, 11) is 1.16. The van der Waals surface area contributed by atoms with Crippen LogP contribution in [0.4, 0.5) is 5.13 Å². The summed E-state index contributed by atoms with van der Waals surface area (Å²) < 4.78 is 4.29. The Morgan fingerprint density at radius 3 is 2.95 bits per heavy atom. The number of oxime groups is 1. The first kappa shape index (κ1) is 14.6. The number of methoxy groups -OCH3 is 1. The average Bonchev–Trinajstić information content (AvgIpc) is 2.82. The van der Waals surface area contributed by atoms with Gasteiger partial charge in [0.25, 0.3) is 0 Å². The van der Waals surface area contributed by atoms with E-state index in [1.807, 2.05) is 0 Å². The largest absolute Gasteiger partial charge is 0.476 e. The molecule has 0 spiro atoms. The zero-order chi connectivity index (χ0) is 14.3. The Balaban J connectivity index is 2.81. The Hall–Kier alpha value is -2.49. The highest BCUT2D eigenvalue weighted by Crippen LogP contribution is 2.15. The van der Waals surface area contributed by atoms with Crippen LogP contribution in [0.25, 0.3) is 0 Å². The van der Waals surface area contributed by atoms with Crippen molar-refractivity contribution in [2.75, 3.05) is 19.0 Å². The quantitative estimate of drug-likeness (QED) is 0.305. The zero-order valence-corrected chi connectivity index (χ0v) is 10.5. The summed E-state index contributed by atoms with van der Waals surface area (Å²) in [6.45, 7) is -0.517. The second-order valence-corrected chi connectivity index (χ2v) is 3.75. The number of carbonyl (C=O) groups excluding carboxylic acids is 2. The second kappa shape index (κ2) is 7.06. The van der Waals surface area contributed by atoms with Crippen LogP contribution in [-0.4, -0.2) is 47.9 Å². The number of aromatic nitrogens is 1. The number of carboxylic acid groups (broad SMARTS) is 1. The van der Waals surface area contributed by atoms with E-state index in [-0.39, 0.29) is 10.8 Å². The normalized spacial score (nSPS) is 10.7. The van der Waals surface area contributed by atoms with Crippen molar-refractivity contribution < 1.29 is 29.1 Å². The Bertz CT molecular complexity index is 512. The van der Waals surface area contributed by atoms with Gasteiger partial charge in [0, 0.05) is 5.38 Å². The first-order valence-corrected chi connectivity index (χ1v) is 5.62. The molecule has 0 aliphatic carbocycles. The Morgan fingerprint density at radius 2 is 2.37 bits per heavy atom. The van der Waals surface area contributed by atoms with Crippen LogP contribution >= 0.6 is 11.3 Å². The molecule has 10 heteroatoms. The molecule has 0 aromatic carbocycles. The second-order valence-electron chi connectivity index (χ2n) is 2.89. The molecule has 1 amide bonds. The van der Waals surface area contributed by atoms with E-state index >= 15 is 0 Å². The highest BCUT2D eigenvalue weighted by Gasteiger charge is 2.17. The van der Waals surface area contributed by atoms with Gasteiger partial charge in [-0.1, -0.05) is 5.16 Å². The van der Waals surface area contributed by atoms with Gasteiger partial charge in [0.15, 0.2) is 5.13 Å². The number of ether oxygens (including phenoxy) is 1. The van der Waals surface area contributed by atoms with E-state index in [0.717, 1.165) is 18.4 Å². The van der Waals surface area contributed by atoms with Crippen LogP contribution in [0.5, 0.6) is 0 Å². The number of rotatable bonds is 7. The number of thiazole rings is 1. The van der Waals surface area contributed by atoms with Gasteiger partial charge in [0.1, 0.15) is 5.69 Å². The number of esters is 1. The molecule has 9 nitrogen and oxygen atoms in total. The summed E-state index contributed by atoms with van der Waals surface area (Å²) in [6.07, 6.45) is 0.411. The van der Waals surface area contributed by atoms with Gasteiger partial charge in [-0.25, -0.2) is 14.6 Å². The topological polar surface area (TPSA) is 127 Å². The first-order chi connectivity index (χ1) is 9.08. The number of aliphatic carboxylic acids is 1. The lowest BCUT2D eigenvalue weighted by Gasteiger charge is -1.99. The molecule has 1 heterocycles. The third-order valence-corrected chi connectivity index (χ3v) is 2.47. The minimum Gasteiger partial charge on any atom is -0.476 e. The number of nitrogens with one attached hydrogen (secondary N) is 1. The van der Waals surface area contributed by atoms with Gasteiger partial charge in [-0.15, -0.1) is 11.3 Å². The summed E-state index contributed by atoms with van der Waals surface area (Å²) in [5.41, 5.74) is -0.481. The van der Waals surface area contributed by atoms with Crippen LogP contribution in [0.15, 0.2) is 10.5 Å². The minimum atomic E-state index is -1.38. The SMILES string of the molecule is COC(=O)CO/N=C(/C(=O)O)c1csc(NC=O)n1. The number of hydrogen-bond donors (Lipinski definition) is 2. The van der Waals surface area contributed by atoms with E-state index in [4.69, 9.17) is 5.11 Å². The fourth-order valence-electron chi connectivity index (χ4n) is 0.903. The number of anilines is 1. The monoisotopic (exact) mass is 287 g/mol. The van der Waals surface area contributed by atoms with E-state index in [1.54, 1.807) is 0 Å².